The van der Waals surface area contributed by atoms with Gasteiger partial charge in [-0.15, -0.1) is 0 Å². The van der Waals surface area contributed by atoms with E-state index < -0.39 is 0 Å². The summed E-state index contributed by atoms with van der Waals surface area (Å²) in [6.07, 6.45) is 3.34. The number of methoxy groups -OCH3 is 2. The van der Waals surface area contributed by atoms with Gasteiger partial charge in [-0.3, -0.25) is 0 Å². The van der Waals surface area contributed by atoms with E-state index in [1.807, 2.05) is 12.1 Å². The molecule has 0 radical (unpaired) electrons. The highest BCUT2D eigenvalue weighted by atomic mass is 16.5. The summed E-state index contributed by atoms with van der Waals surface area (Å²) in [6, 6.07) is 6.10. The summed E-state index contributed by atoms with van der Waals surface area (Å²) in [5, 5.41) is 0. The van der Waals surface area contributed by atoms with Gasteiger partial charge in [0, 0.05) is 19.3 Å². The molecule has 1 aromatic carbocycles. The Kier molecular flexibility index (Phi) is 3.57. The van der Waals surface area contributed by atoms with E-state index in [1.165, 1.54) is 11.1 Å². The first-order valence-corrected chi connectivity index (χ1v) is 5.95. The van der Waals surface area contributed by atoms with Crippen LogP contribution < -0.4 is 9.47 Å². The minimum atomic E-state index is 0.780. The number of hydrogen-bond acceptors (Lipinski definition) is 3. The molecule has 1 heterocycles. The zero-order valence-corrected chi connectivity index (χ0v) is 10.7. The predicted molar refractivity (Wildman–Crippen MR) is 69.4 cm³/mol. The molecule has 1 aromatic rings. The number of ether oxygens (including phenoxy) is 2. The quantitative estimate of drug-likeness (QED) is 0.798. The molecular formula is C14H19NO2. The maximum Gasteiger partial charge on any atom is 0.161 e. The molecule has 92 valence electrons. The Hall–Kier alpha value is -1.64. The van der Waals surface area contributed by atoms with Crippen molar-refractivity contribution in [1.29, 1.82) is 0 Å². The van der Waals surface area contributed by atoms with Crippen molar-refractivity contribution in [3.05, 3.63) is 30.0 Å². The average Bonchev–Trinajstić information content (AvgIpc) is 2.86. The number of nitrogens with zero attached hydrogens (tertiary/aromatic N) is 1. The standard InChI is InChI=1S/C14H19NO2/c1-4-15-8-7-12(10-15)11-5-6-13(16-2)14(9-11)17-3/h5-6,9-10H,4,7-8H2,1-3H3. The topological polar surface area (TPSA) is 21.7 Å². The van der Waals surface area contributed by atoms with Gasteiger partial charge in [0.2, 0.25) is 0 Å². The van der Waals surface area contributed by atoms with Crippen LogP contribution in [0, 0.1) is 0 Å². The Balaban J connectivity index is 2.28. The van der Waals surface area contributed by atoms with Crippen molar-refractivity contribution in [1.82, 2.24) is 4.90 Å². The van der Waals surface area contributed by atoms with E-state index in [9.17, 15) is 0 Å². The maximum atomic E-state index is 5.32. The Morgan fingerprint density at radius 1 is 1.18 bits per heavy atom. The number of hydrogen-bond donors (Lipinski definition) is 0. The maximum absolute atomic E-state index is 5.32. The summed E-state index contributed by atoms with van der Waals surface area (Å²) in [5.41, 5.74) is 2.59. The first-order chi connectivity index (χ1) is 8.28. The molecule has 0 aliphatic carbocycles. The van der Waals surface area contributed by atoms with Crippen molar-refractivity contribution in [2.45, 2.75) is 13.3 Å². The van der Waals surface area contributed by atoms with Crippen LogP contribution in [0.2, 0.25) is 0 Å². The third-order valence-corrected chi connectivity index (χ3v) is 3.17. The lowest BCUT2D eigenvalue weighted by Gasteiger charge is -2.10. The first-order valence-electron chi connectivity index (χ1n) is 5.95. The van der Waals surface area contributed by atoms with E-state index in [-0.39, 0.29) is 0 Å². The zero-order valence-electron chi connectivity index (χ0n) is 10.7. The molecule has 0 N–H and O–H groups in total. The molecule has 0 aromatic heterocycles. The second-order valence-corrected chi connectivity index (χ2v) is 4.10. The smallest absolute Gasteiger partial charge is 0.161 e. The van der Waals surface area contributed by atoms with E-state index in [0.717, 1.165) is 31.0 Å². The average molecular weight is 233 g/mol. The molecule has 0 unspecified atom stereocenters. The van der Waals surface area contributed by atoms with Crippen LogP contribution in [0.4, 0.5) is 0 Å². The van der Waals surface area contributed by atoms with Gasteiger partial charge in [0.15, 0.2) is 11.5 Å². The Labute approximate surface area is 103 Å². The molecule has 0 spiro atoms. The van der Waals surface area contributed by atoms with E-state index in [4.69, 9.17) is 9.47 Å². The Morgan fingerprint density at radius 3 is 2.53 bits per heavy atom. The van der Waals surface area contributed by atoms with Gasteiger partial charge in [0.1, 0.15) is 0 Å². The molecule has 0 saturated carbocycles. The highest BCUT2D eigenvalue weighted by Crippen LogP contribution is 2.33. The zero-order chi connectivity index (χ0) is 12.3. The molecule has 1 aliphatic rings. The van der Waals surface area contributed by atoms with Crippen LogP contribution in [0.5, 0.6) is 11.5 Å². The molecule has 17 heavy (non-hydrogen) atoms. The van der Waals surface area contributed by atoms with Crippen LogP contribution in [0.15, 0.2) is 24.4 Å². The molecule has 0 fully saturated rings. The van der Waals surface area contributed by atoms with Gasteiger partial charge in [0.05, 0.1) is 14.2 Å². The lowest BCUT2D eigenvalue weighted by molar-refractivity contribution is 0.355. The fourth-order valence-electron chi connectivity index (χ4n) is 2.12. The summed E-state index contributed by atoms with van der Waals surface area (Å²) in [6.45, 7) is 4.35. The fourth-order valence-corrected chi connectivity index (χ4v) is 2.12. The van der Waals surface area contributed by atoms with Gasteiger partial charge in [-0.25, -0.2) is 0 Å². The minimum absolute atomic E-state index is 0.780. The number of rotatable bonds is 4. The second-order valence-electron chi connectivity index (χ2n) is 4.10. The van der Waals surface area contributed by atoms with Gasteiger partial charge >= 0.3 is 0 Å². The van der Waals surface area contributed by atoms with E-state index >= 15 is 0 Å². The molecule has 2 rings (SSSR count). The first kappa shape index (κ1) is 11.8. The Bertz CT molecular complexity index is 426. The third kappa shape index (κ3) is 2.38. The SMILES string of the molecule is CCN1C=C(c2ccc(OC)c(OC)c2)CC1. The van der Waals surface area contributed by atoms with Crippen LogP contribution in [-0.2, 0) is 0 Å². The van der Waals surface area contributed by atoms with Gasteiger partial charge < -0.3 is 14.4 Å². The van der Waals surface area contributed by atoms with Crippen molar-refractivity contribution in [3.63, 3.8) is 0 Å². The van der Waals surface area contributed by atoms with E-state index in [2.05, 4.69) is 24.1 Å². The van der Waals surface area contributed by atoms with Crippen LogP contribution in [0.3, 0.4) is 0 Å². The highest BCUT2D eigenvalue weighted by Gasteiger charge is 2.14. The van der Waals surface area contributed by atoms with E-state index in [1.54, 1.807) is 14.2 Å². The molecular weight excluding hydrogens is 214 g/mol. The molecule has 1 aliphatic heterocycles. The van der Waals surface area contributed by atoms with Crippen molar-refractivity contribution < 1.29 is 9.47 Å². The van der Waals surface area contributed by atoms with Gasteiger partial charge in [-0.2, -0.15) is 0 Å². The largest absolute Gasteiger partial charge is 0.493 e. The summed E-state index contributed by atoms with van der Waals surface area (Å²) in [5.74, 6) is 1.57. The molecule has 0 amide bonds. The summed E-state index contributed by atoms with van der Waals surface area (Å²) in [4.78, 5) is 2.33. The molecule has 3 nitrogen and oxygen atoms in total. The van der Waals surface area contributed by atoms with Crippen molar-refractivity contribution in [2.24, 2.45) is 0 Å². The lowest BCUT2D eigenvalue weighted by Crippen LogP contribution is -2.12. The van der Waals surface area contributed by atoms with Crippen LogP contribution in [0.25, 0.3) is 5.57 Å². The fraction of sp³-hybridized carbons (Fsp3) is 0.429. The van der Waals surface area contributed by atoms with Crippen LogP contribution in [0.1, 0.15) is 18.9 Å². The van der Waals surface area contributed by atoms with Gasteiger partial charge in [0.25, 0.3) is 0 Å². The van der Waals surface area contributed by atoms with Crippen LogP contribution in [-0.4, -0.2) is 32.2 Å². The summed E-state index contributed by atoms with van der Waals surface area (Å²) >= 11 is 0. The van der Waals surface area contributed by atoms with Crippen molar-refractivity contribution >= 4 is 5.57 Å². The van der Waals surface area contributed by atoms with Gasteiger partial charge in [-0.05, 0) is 36.6 Å². The monoisotopic (exact) mass is 233 g/mol. The Morgan fingerprint density at radius 2 is 1.94 bits per heavy atom. The highest BCUT2D eigenvalue weighted by molar-refractivity contribution is 5.69. The van der Waals surface area contributed by atoms with Gasteiger partial charge in [-0.1, -0.05) is 6.07 Å². The minimum Gasteiger partial charge on any atom is -0.493 e. The summed E-state index contributed by atoms with van der Waals surface area (Å²) < 4.78 is 10.6. The lowest BCUT2D eigenvalue weighted by atomic mass is 10.1. The van der Waals surface area contributed by atoms with Crippen molar-refractivity contribution in [2.75, 3.05) is 27.3 Å². The molecule has 3 heteroatoms. The second kappa shape index (κ2) is 5.13. The number of benzene rings is 1. The third-order valence-electron chi connectivity index (χ3n) is 3.17. The normalized spacial score (nSPS) is 14.8. The molecule has 0 saturated heterocycles. The molecule has 0 atom stereocenters. The van der Waals surface area contributed by atoms with E-state index in [0.29, 0.717) is 0 Å². The van der Waals surface area contributed by atoms with Crippen LogP contribution >= 0.6 is 0 Å². The molecule has 0 bridgehead atoms. The summed E-state index contributed by atoms with van der Waals surface area (Å²) in [7, 11) is 3.33. The van der Waals surface area contributed by atoms with Crippen molar-refractivity contribution in [3.8, 4) is 11.5 Å². The predicted octanol–water partition coefficient (Wildman–Crippen LogP) is 2.77.